The first-order chi connectivity index (χ1) is 19.7. The van der Waals surface area contributed by atoms with Crippen LogP contribution in [0.2, 0.25) is 10.0 Å². The predicted octanol–water partition coefficient (Wildman–Crippen LogP) is 11.0. The van der Waals surface area contributed by atoms with E-state index in [1.807, 2.05) is 6.07 Å². The van der Waals surface area contributed by atoms with Gasteiger partial charge in [-0.3, -0.25) is 0 Å². The molecule has 40 heavy (non-hydrogen) atoms. The average molecular weight is 552 g/mol. The Balaban J connectivity index is 1.25. The van der Waals surface area contributed by atoms with Crippen LogP contribution in [-0.2, 0) is 0 Å². The van der Waals surface area contributed by atoms with Crippen molar-refractivity contribution in [3.63, 3.8) is 0 Å². The SMILES string of the molecule is Clc1cc(-c2cccc(C3c4ccccc4-c4cc(Cl)ccc43)c2)cc(C2c3ccccc3-c3ccccc32)c1. The Hall–Kier alpha value is -4.10. The van der Waals surface area contributed by atoms with Crippen LogP contribution in [-0.4, -0.2) is 0 Å². The molecular formula is C38H24Cl2. The van der Waals surface area contributed by atoms with E-state index in [0.717, 1.165) is 15.6 Å². The molecule has 6 aromatic carbocycles. The summed E-state index contributed by atoms with van der Waals surface area (Å²) in [6.45, 7) is 0. The molecule has 0 spiro atoms. The van der Waals surface area contributed by atoms with Crippen molar-refractivity contribution in [2.45, 2.75) is 11.8 Å². The van der Waals surface area contributed by atoms with Crippen molar-refractivity contribution in [2.24, 2.45) is 0 Å². The van der Waals surface area contributed by atoms with Crippen molar-refractivity contribution in [3.8, 4) is 33.4 Å². The van der Waals surface area contributed by atoms with Gasteiger partial charge in [-0.1, -0.05) is 132 Å². The minimum atomic E-state index is 0.159. The first kappa shape index (κ1) is 23.8. The molecule has 8 rings (SSSR count). The molecule has 0 saturated heterocycles. The minimum Gasteiger partial charge on any atom is -0.0843 e. The van der Waals surface area contributed by atoms with E-state index < -0.39 is 0 Å². The molecule has 190 valence electrons. The fraction of sp³-hybridized carbons (Fsp3) is 0.0526. The minimum absolute atomic E-state index is 0.159. The molecule has 0 aromatic heterocycles. The zero-order chi connectivity index (χ0) is 26.8. The maximum atomic E-state index is 6.84. The van der Waals surface area contributed by atoms with Crippen LogP contribution in [0.1, 0.15) is 45.2 Å². The van der Waals surface area contributed by atoms with Gasteiger partial charge in [-0.2, -0.15) is 0 Å². The number of hydrogen-bond acceptors (Lipinski definition) is 0. The molecule has 0 fully saturated rings. The zero-order valence-corrected chi connectivity index (χ0v) is 23.1. The van der Waals surface area contributed by atoms with Gasteiger partial charge in [-0.15, -0.1) is 0 Å². The maximum absolute atomic E-state index is 6.84. The smallest absolute Gasteiger partial charge is 0.0415 e. The highest BCUT2D eigenvalue weighted by molar-refractivity contribution is 6.31. The van der Waals surface area contributed by atoms with Gasteiger partial charge < -0.3 is 0 Å². The van der Waals surface area contributed by atoms with Crippen molar-refractivity contribution in [1.29, 1.82) is 0 Å². The normalized spacial score (nSPS) is 14.9. The number of hydrogen-bond donors (Lipinski definition) is 0. The standard InChI is InChI=1S/C38H24Cl2/c39-27-16-17-35-36(22-27)31-12-3-6-15-34(31)37(35)24-9-7-8-23(18-24)25-19-26(21-28(40)20-25)38-32-13-4-1-10-29(32)30-11-2-5-14-33(30)38/h1-22,37-38H. The quantitative estimate of drug-likeness (QED) is 0.205. The number of fused-ring (bicyclic) bond motifs is 6. The second-order valence-electron chi connectivity index (χ2n) is 10.8. The second kappa shape index (κ2) is 9.24. The van der Waals surface area contributed by atoms with Crippen molar-refractivity contribution in [2.75, 3.05) is 0 Å². The fourth-order valence-corrected chi connectivity index (χ4v) is 7.31. The van der Waals surface area contributed by atoms with E-state index in [4.69, 9.17) is 23.2 Å². The Labute approximate surface area is 244 Å². The van der Waals surface area contributed by atoms with E-state index in [-0.39, 0.29) is 11.8 Å². The van der Waals surface area contributed by atoms with E-state index in [9.17, 15) is 0 Å². The van der Waals surface area contributed by atoms with Gasteiger partial charge in [0.15, 0.2) is 0 Å². The van der Waals surface area contributed by atoms with Crippen LogP contribution < -0.4 is 0 Å². The van der Waals surface area contributed by atoms with E-state index >= 15 is 0 Å². The van der Waals surface area contributed by atoms with Gasteiger partial charge in [-0.05, 0) is 91.0 Å². The van der Waals surface area contributed by atoms with Crippen molar-refractivity contribution >= 4 is 23.2 Å². The van der Waals surface area contributed by atoms with Gasteiger partial charge in [0.1, 0.15) is 0 Å². The summed E-state index contributed by atoms with van der Waals surface area (Å²) in [7, 11) is 0. The number of rotatable bonds is 3. The largest absolute Gasteiger partial charge is 0.0843 e. The molecule has 0 bridgehead atoms. The molecule has 6 aromatic rings. The summed E-state index contributed by atoms with van der Waals surface area (Å²) in [4.78, 5) is 0. The number of benzene rings is 6. The summed E-state index contributed by atoms with van der Waals surface area (Å²) in [6.07, 6.45) is 0. The first-order valence-corrected chi connectivity index (χ1v) is 14.4. The highest BCUT2D eigenvalue weighted by Gasteiger charge is 2.31. The summed E-state index contributed by atoms with van der Waals surface area (Å²) in [5.74, 6) is 0.321. The third-order valence-corrected chi connectivity index (χ3v) is 8.98. The second-order valence-corrected chi connectivity index (χ2v) is 11.6. The summed E-state index contributed by atoms with van der Waals surface area (Å²) >= 11 is 13.3. The van der Waals surface area contributed by atoms with Crippen molar-refractivity contribution < 1.29 is 0 Å². The van der Waals surface area contributed by atoms with Crippen LogP contribution >= 0.6 is 23.2 Å². The van der Waals surface area contributed by atoms with Gasteiger partial charge in [-0.25, -0.2) is 0 Å². The molecule has 0 heterocycles. The zero-order valence-electron chi connectivity index (χ0n) is 21.6. The molecule has 1 atom stereocenters. The van der Waals surface area contributed by atoms with E-state index in [2.05, 4.69) is 127 Å². The van der Waals surface area contributed by atoms with Crippen LogP contribution in [0.15, 0.2) is 133 Å². The molecule has 0 amide bonds. The van der Waals surface area contributed by atoms with Gasteiger partial charge >= 0.3 is 0 Å². The third kappa shape index (κ3) is 3.68. The first-order valence-electron chi connectivity index (χ1n) is 13.6. The average Bonchev–Trinajstić information content (AvgIpc) is 3.50. The monoisotopic (exact) mass is 550 g/mol. The van der Waals surface area contributed by atoms with Crippen molar-refractivity contribution in [3.05, 3.63) is 177 Å². The van der Waals surface area contributed by atoms with E-state index in [1.54, 1.807) is 0 Å². The molecule has 0 N–H and O–H groups in total. The van der Waals surface area contributed by atoms with Crippen LogP contribution in [0, 0.1) is 0 Å². The Morgan fingerprint density at radius 1 is 0.350 bits per heavy atom. The van der Waals surface area contributed by atoms with Crippen molar-refractivity contribution in [1.82, 2.24) is 0 Å². The molecule has 2 aliphatic rings. The highest BCUT2D eigenvalue weighted by atomic mass is 35.5. The number of halogens is 2. The van der Waals surface area contributed by atoms with Crippen LogP contribution in [0.5, 0.6) is 0 Å². The molecule has 2 aliphatic carbocycles. The summed E-state index contributed by atoms with van der Waals surface area (Å²) in [5, 5.41) is 1.52. The van der Waals surface area contributed by atoms with Crippen LogP contribution in [0.3, 0.4) is 0 Å². The lowest BCUT2D eigenvalue weighted by Gasteiger charge is -2.18. The molecular weight excluding hydrogens is 527 g/mol. The summed E-state index contributed by atoms with van der Waals surface area (Å²) in [5.41, 5.74) is 15.2. The molecule has 0 radical (unpaired) electrons. The Bertz CT molecular complexity index is 1900. The van der Waals surface area contributed by atoms with Gasteiger partial charge in [0.2, 0.25) is 0 Å². The topological polar surface area (TPSA) is 0 Å². The Morgan fingerprint density at radius 2 is 0.900 bits per heavy atom. The summed E-state index contributed by atoms with van der Waals surface area (Å²) < 4.78 is 0. The van der Waals surface area contributed by atoms with E-state index in [0.29, 0.717) is 0 Å². The Kier molecular flexibility index (Phi) is 5.49. The third-order valence-electron chi connectivity index (χ3n) is 8.53. The molecule has 0 aliphatic heterocycles. The summed E-state index contributed by atoms with van der Waals surface area (Å²) in [6, 6.07) is 47.9. The fourth-order valence-electron chi connectivity index (χ4n) is 6.89. The Morgan fingerprint density at radius 3 is 1.57 bits per heavy atom. The molecule has 0 nitrogen and oxygen atoms in total. The molecule has 2 heteroatoms. The van der Waals surface area contributed by atoms with E-state index in [1.165, 1.54) is 61.2 Å². The predicted molar refractivity (Wildman–Crippen MR) is 168 cm³/mol. The highest BCUT2D eigenvalue weighted by Crippen LogP contribution is 2.50. The van der Waals surface area contributed by atoms with Crippen LogP contribution in [0.4, 0.5) is 0 Å². The lowest BCUT2D eigenvalue weighted by atomic mass is 9.86. The van der Waals surface area contributed by atoms with Gasteiger partial charge in [0.25, 0.3) is 0 Å². The molecule has 1 unspecified atom stereocenters. The van der Waals surface area contributed by atoms with Gasteiger partial charge in [0.05, 0.1) is 0 Å². The lowest BCUT2D eigenvalue weighted by Crippen LogP contribution is -2.01. The van der Waals surface area contributed by atoms with Crippen LogP contribution in [0.25, 0.3) is 33.4 Å². The maximum Gasteiger partial charge on any atom is 0.0415 e. The molecule has 0 saturated carbocycles. The van der Waals surface area contributed by atoms with Gasteiger partial charge in [0, 0.05) is 21.9 Å². The lowest BCUT2D eigenvalue weighted by molar-refractivity contribution is 1.01.